The van der Waals surface area contributed by atoms with E-state index in [-0.39, 0.29) is 38.6 Å². The monoisotopic (exact) mass is 1080 g/mol. The number of carbonyl (C=O) groups excluding carboxylic acids is 2. The molecular weight excluding hydrogens is 954 g/mol. The van der Waals surface area contributed by atoms with E-state index in [1.54, 1.807) is 0 Å². The number of phosphoric acid groups is 1. The van der Waals surface area contributed by atoms with Crippen LogP contribution < -0.4 is 5.73 Å². The molecule has 9 nitrogen and oxygen atoms in total. The lowest BCUT2D eigenvalue weighted by Crippen LogP contribution is -2.29. The van der Waals surface area contributed by atoms with Crippen LogP contribution in [-0.2, 0) is 32.7 Å². The molecule has 0 aliphatic carbocycles. The van der Waals surface area contributed by atoms with Gasteiger partial charge in [0.05, 0.1) is 13.2 Å². The van der Waals surface area contributed by atoms with Crippen LogP contribution in [0.2, 0.25) is 0 Å². The molecule has 75 heavy (non-hydrogen) atoms. The first-order valence-electron chi connectivity index (χ1n) is 32.5. The van der Waals surface area contributed by atoms with Crippen LogP contribution >= 0.6 is 7.82 Å². The fourth-order valence-corrected chi connectivity index (χ4v) is 10.4. The zero-order valence-corrected chi connectivity index (χ0v) is 50.4. The van der Waals surface area contributed by atoms with Gasteiger partial charge in [-0.05, 0) is 70.6 Å². The molecule has 0 aliphatic rings. The molecule has 10 heteroatoms. The van der Waals surface area contributed by atoms with Crippen molar-refractivity contribution in [3.8, 4) is 0 Å². The van der Waals surface area contributed by atoms with Gasteiger partial charge >= 0.3 is 19.8 Å². The summed E-state index contributed by atoms with van der Waals surface area (Å²) in [6.07, 6.45) is 75.1. The highest BCUT2D eigenvalue weighted by Gasteiger charge is 2.26. The Morgan fingerprint density at radius 1 is 0.400 bits per heavy atom. The van der Waals surface area contributed by atoms with Crippen molar-refractivity contribution in [3.63, 3.8) is 0 Å². The van der Waals surface area contributed by atoms with E-state index in [0.29, 0.717) is 6.42 Å². The molecule has 0 bridgehead atoms. The zero-order valence-electron chi connectivity index (χ0n) is 49.6. The predicted octanol–water partition coefficient (Wildman–Crippen LogP) is 20.7. The van der Waals surface area contributed by atoms with Gasteiger partial charge in [0.15, 0.2) is 6.10 Å². The molecule has 0 aliphatic heterocycles. The van der Waals surface area contributed by atoms with Gasteiger partial charge in [-0.25, -0.2) is 4.57 Å². The molecular formula is C65H124NO8P. The first kappa shape index (κ1) is 73.2. The zero-order chi connectivity index (χ0) is 54.5. The van der Waals surface area contributed by atoms with E-state index in [9.17, 15) is 19.0 Å². The number of hydrogen-bond acceptors (Lipinski definition) is 8. The summed E-state index contributed by atoms with van der Waals surface area (Å²) in [6, 6.07) is 0. The Morgan fingerprint density at radius 2 is 0.693 bits per heavy atom. The Kier molecular flexibility index (Phi) is 60.0. The van der Waals surface area contributed by atoms with E-state index < -0.39 is 26.5 Å². The molecule has 0 aromatic heterocycles. The lowest BCUT2D eigenvalue weighted by atomic mass is 10.0. The Labute approximate surface area is 464 Å². The van der Waals surface area contributed by atoms with Gasteiger partial charge in [0.2, 0.25) is 0 Å². The second-order valence-electron chi connectivity index (χ2n) is 22.0. The Balaban J connectivity index is 3.87. The molecule has 0 radical (unpaired) electrons. The van der Waals surface area contributed by atoms with Crippen molar-refractivity contribution < 1.29 is 37.6 Å². The van der Waals surface area contributed by atoms with Gasteiger partial charge in [-0.15, -0.1) is 0 Å². The molecule has 0 amide bonds. The minimum atomic E-state index is -4.39. The highest BCUT2D eigenvalue weighted by molar-refractivity contribution is 7.47. The van der Waals surface area contributed by atoms with E-state index in [0.717, 1.165) is 38.5 Å². The van der Waals surface area contributed by atoms with Crippen LogP contribution in [0, 0.1) is 0 Å². The molecule has 0 fully saturated rings. The van der Waals surface area contributed by atoms with Gasteiger partial charge < -0.3 is 20.1 Å². The predicted molar refractivity (Wildman–Crippen MR) is 321 cm³/mol. The highest BCUT2D eigenvalue weighted by Crippen LogP contribution is 2.43. The Bertz CT molecular complexity index is 1320. The minimum absolute atomic E-state index is 0.0553. The molecule has 2 unspecified atom stereocenters. The number of unbranched alkanes of at least 4 members (excludes halogenated alkanes) is 43. The van der Waals surface area contributed by atoms with Gasteiger partial charge in [0.25, 0.3) is 0 Å². The maximum Gasteiger partial charge on any atom is 0.472 e. The number of ether oxygens (including phenoxy) is 2. The first-order valence-corrected chi connectivity index (χ1v) is 34.0. The minimum Gasteiger partial charge on any atom is -0.462 e. The summed E-state index contributed by atoms with van der Waals surface area (Å²) in [7, 11) is -4.39. The van der Waals surface area contributed by atoms with E-state index >= 15 is 0 Å². The fraction of sp³-hybridized carbons (Fsp3) is 0.877. The van der Waals surface area contributed by atoms with Crippen molar-refractivity contribution in [3.05, 3.63) is 36.5 Å². The lowest BCUT2D eigenvalue weighted by Gasteiger charge is -2.19. The van der Waals surface area contributed by atoms with E-state index in [4.69, 9.17) is 24.3 Å². The van der Waals surface area contributed by atoms with Gasteiger partial charge in [-0.1, -0.05) is 288 Å². The van der Waals surface area contributed by atoms with Crippen LogP contribution in [-0.4, -0.2) is 49.3 Å². The topological polar surface area (TPSA) is 134 Å². The summed E-state index contributed by atoms with van der Waals surface area (Å²) in [5.41, 5.74) is 5.39. The highest BCUT2D eigenvalue weighted by atomic mass is 31.2. The molecule has 0 rings (SSSR count). The number of allylic oxidation sites excluding steroid dienone is 6. The quantitative estimate of drug-likeness (QED) is 0.0264. The summed E-state index contributed by atoms with van der Waals surface area (Å²) in [5.74, 6) is -0.810. The molecule has 0 spiro atoms. The van der Waals surface area contributed by atoms with E-state index in [1.807, 2.05) is 0 Å². The number of hydrogen-bond donors (Lipinski definition) is 2. The summed E-state index contributed by atoms with van der Waals surface area (Å²) in [6.45, 7) is 3.79. The summed E-state index contributed by atoms with van der Waals surface area (Å²) >= 11 is 0. The van der Waals surface area contributed by atoms with Crippen molar-refractivity contribution in [2.45, 2.75) is 341 Å². The first-order chi connectivity index (χ1) is 36.8. The molecule has 0 aromatic carbocycles. The average Bonchev–Trinajstić information content (AvgIpc) is 3.40. The van der Waals surface area contributed by atoms with Crippen LogP contribution in [0.5, 0.6) is 0 Å². The second-order valence-corrected chi connectivity index (χ2v) is 23.4. The van der Waals surface area contributed by atoms with E-state index in [1.165, 1.54) is 263 Å². The third-order valence-electron chi connectivity index (χ3n) is 14.5. The molecule has 2 atom stereocenters. The normalized spacial score (nSPS) is 13.2. The number of nitrogens with two attached hydrogens (primary N) is 1. The summed E-state index contributed by atoms with van der Waals surface area (Å²) < 4.78 is 33.1. The number of phosphoric ester groups is 1. The van der Waals surface area contributed by atoms with Crippen LogP contribution in [0.3, 0.4) is 0 Å². The molecule has 0 saturated heterocycles. The van der Waals surface area contributed by atoms with Crippen LogP contribution in [0.4, 0.5) is 0 Å². The van der Waals surface area contributed by atoms with Crippen LogP contribution in [0.1, 0.15) is 335 Å². The smallest absolute Gasteiger partial charge is 0.462 e. The molecule has 0 aromatic rings. The van der Waals surface area contributed by atoms with Crippen molar-refractivity contribution >= 4 is 19.8 Å². The standard InChI is InChI=1S/C65H124NO8P/c1-3-5-7-9-11-13-15-17-19-21-23-25-27-28-29-30-31-32-33-34-36-38-40-42-44-46-48-50-52-54-56-58-65(68)74-63(62-73-75(69,70)72-60-59-66)61-71-64(67)57-55-53-51-49-47-45-43-41-39-37-35-26-24-22-20-18-16-14-12-10-8-6-4-2/h15,17,21-24,63H,3-14,16,18-20,25-62,66H2,1-2H3,(H,69,70)/b17-15-,23-21-,24-22-. The average molecular weight is 1080 g/mol. The number of rotatable bonds is 62. The van der Waals surface area contributed by atoms with Crippen molar-refractivity contribution in [1.82, 2.24) is 0 Å². The molecule has 0 saturated carbocycles. The van der Waals surface area contributed by atoms with Crippen molar-refractivity contribution in [2.24, 2.45) is 5.73 Å². The molecule has 442 valence electrons. The Hall–Kier alpha value is -1.77. The molecule has 3 N–H and O–H groups in total. The van der Waals surface area contributed by atoms with E-state index in [2.05, 4.69) is 50.3 Å². The van der Waals surface area contributed by atoms with Crippen LogP contribution in [0.15, 0.2) is 36.5 Å². The number of carbonyl (C=O) groups is 2. The number of esters is 2. The van der Waals surface area contributed by atoms with Gasteiger partial charge in [0.1, 0.15) is 6.61 Å². The van der Waals surface area contributed by atoms with Gasteiger partial charge in [0, 0.05) is 19.4 Å². The maximum absolute atomic E-state index is 12.7. The lowest BCUT2D eigenvalue weighted by molar-refractivity contribution is -0.161. The maximum atomic E-state index is 12.7. The van der Waals surface area contributed by atoms with Crippen molar-refractivity contribution in [1.29, 1.82) is 0 Å². The van der Waals surface area contributed by atoms with Crippen molar-refractivity contribution in [2.75, 3.05) is 26.4 Å². The summed E-state index contributed by atoms with van der Waals surface area (Å²) in [5, 5.41) is 0. The fourth-order valence-electron chi connectivity index (χ4n) is 9.67. The third-order valence-corrected chi connectivity index (χ3v) is 15.5. The van der Waals surface area contributed by atoms with Crippen LogP contribution in [0.25, 0.3) is 0 Å². The summed E-state index contributed by atoms with van der Waals surface area (Å²) in [4.78, 5) is 35.3. The Morgan fingerprint density at radius 3 is 1.03 bits per heavy atom. The van der Waals surface area contributed by atoms with Gasteiger partial charge in [-0.3, -0.25) is 18.6 Å². The molecule has 0 heterocycles. The SMILES string of the molecule is CCCCCCC/C=C\C/C=C\CCCCCCCCCCCCCCCCCCCCCC(=O)OC(COC(=O)CCCCCCCCCCCCC/C=C\CCCCCCCCCC)COP(=O)(O)OCCN. The van der Waals surface area contributed by atoms with Gasteiger partial charge in [-0.2, -0.15) is 0 Å². The second kappa shape index (κ2) is 61.4. The third kappa shape index (κ3) is 61.3. The largest absolute Gasteiger partial charge is 0.472 e.